The Morgan fingerprint density at radius 1 is 1.29 bits per heavy atom. The highest BCUT2D eigenvalue weighted by Gasteiger charge is 2.19. The van der Waals surface area contributed by atoms with Crippen LogP contribution in [0.15, 0.2) is 16.9 Å². The van der Waals surface area contributed by atoms with Crippen molar-refractivity contribution in [3.63, 3.8) is 0 Å². The molecule has 0 fully saturated rings. The predicted molar refractivity (Wildman–Crippen MR) is 59.2 cm³/mol. The minimum atomic E-state index is -0.401. The monoisotopic (exact) mass is 232 g/mol. The molecular weight excluding hydrogens is 220 g/mol. The molecule has 0 bridgehead atoms. The van der Waals surface area contributed by atoms with Gasteiger partial charge in [-0.1, -0.05) is 5.16 Å². The van der Waals surface area contributed by atoms with Gasteiger partial charge in [0.2, 0.25) is 17.5 Å². The lowest BCUT2D eigenvalue weighted by Gasteiger charge is -1.98. The van der Waals surface area contributed by atoms with Crippen LogP contribution in [0.4, 0.5) is 0 Å². The van der Waals surface area contributed by atoms with Gasteiger partial charge in [-0.05, 0) is 26.3 Å². The Morgan fingerprint density at radius 2 is 1.94 bits per heavy atom. The second-order valence-corrected chi connectivity index (χ2v) is 3.87. The van der Waals surface area contributed by atoms with Crippen molar-refractivity contribution < 1.29 is 9.32 Å². The van der Waals surface area contributed by atoms with Gasteiger partial charge in [-0.15, -0.1) is 0 Å². The molecule has 0 aliphatic carbocycles. The van der Waals surface area contributed by atoms with Crippen LogP contribution in [0.25, 0.3) is 11.6 Å². The maximum Gasteiger partial charge on any atom is 0.240 e. The third-order valence-corrected chi connectivity index (χ3v) is 2.40. The number of hydrogen-bond acceptors (Lipinski definition) is 6. The second-order valence-electron chi connectivity index (χ2n) is 3.87. The molecule has 0 radical (unpaired) electrons. The average molecular weight is 232 g/mol. The van der Waals surface area contributed by atoms with Crippen molar-refractivity contribution in [1.82, 2.24) is 20.1 Å². The minimum Gasteiger partial charge on any atom is -0.338 e. The molecule has 6 heteroatoms. The number of nitrogens with zero attached hydrogens (tertiary/aromatic N) is 4. The number of carbonyl (C=O) groups is 1. The van der Waals surface area contributed by atoms with E-state index in [-0.39, 0.29) is 11.7 Å². The van der Waals surface area contributed by atoms with Crippen LogP contribution < -0.4 is 0 Å². The summed E-state index contributed by atoms with van der Waals surface area (Å²) in [6, 6.07) is 0. The molecule has 0 spiro atoms. The summed E-state index contributed by atoms with van der Waals surface area (Å²) >= 11 is 0. The van der Waals surface area contributed by atoms with Gasteiger partial charge in [0.15, 0.2) is 0 Å². The SMILES string of the molecule is CC(=O)C(C)c1nc(-c2ncc(C)cn2)no1. The molecule has 2 heterocycles. The van der Waals surface area contributed by atoms with Gasteiger partial charge < -0.3 is 4.52 Å². The molecule has 0 N–H and O–H groups in total. The average Bonchev–Trinajstić information content (AvgIpc) is 2.78. The van der Waals surface area contributed by atoms with E-state index in [4.69, 9.17) is 4.52 Å². The first-order valence-corrected chi connectivity index (χ1v) is 5.21. The lowest BCUT2D eigenvalue weighted by molar-refractivity contribution is -0.118. The van der Waals surface area contributed by atoms with E-state index in [0.717, 1.165) is 5.56 Å². The molecular formula is C11H12N4O2. The van der Waals surface area contributed by atoms with Crippen molar-refractivity contribution >= 4 is 5.78 Å². The standard InChI is InChI=1S/C11H12N4O2/c1-6-4-12-9(13-5-6)10-14-11(17-15-10)7(2)8(3)16/h4-5,7H,1-3H3. The van der Waals surface area contributed by atoms with E-state index in [1.807, 2.05) is 6.92 Å². The van der Waals surface area contributed by atoms with Crippen molar-refractivity contribution in [3.05, 3.63) is 23.8 Å². The zero-order valence-corrected chi connectivity index (χ0v) is 9.84. The van der Waals surface area contributed by atoms with E-state index in [1.54, 1.807) is 19.3 Å². The second kappa shape index (κ2) is 4.40. The molecule has 2 rings (SSSR count). The highest BCUT2D eigenvalue weighted by Crippen LogP contribution is 2.17. The molecule has 1 unspecified atom stereocenters. The Hall–Kier alpha value is -2.11. The Labute approximate surface area is 98.1 Å². The normalized spacial score (nSPS) is 12.4. The number of Topliss-reactive ketones (excluding diaryl/α,β-unsaturated/α-hetero) is 1. The molecule has 17 heavy (non-hydrogen) atoms. The van der Waals surface area contributed by atoms with E-state index in [2.05, 4.69) is 20.1 Å². The smallest absolute Gasteiger partial charge is 0.240 e. The van der Waals surface area contributed by atoms with Crippen molar-refractivity contribution in [2.45, 2.75) is 26.7 Å². The molecule has 0 aliphatic heterocycles. The number of aryl methyl sites for hydroxylation is 1. The molecule has 1 atom stereocenters. The van der Waals surface area contributed by atoms with Crippen molar-refractivity contribution in [2.75, 3.05) is 0 Å². The van der Waals surface area contributed by atoms with Crippen LogP contribution in [-0.2, 0) is 4.79 Å². The number of hydrogen-bond donors (Lipinski definition) is 0. The molecule has 88 valence electrons. The molecule has 0 saturated carbocycles. The Bertz CT molecular complexity index is 533. The van der Waals surface area contributed by atoms with Crippen molar-refractivity contribution in [2.24, 2.45) is 0 Å². The fraction of sp³-hybridized carbons (Fsp3) is 0.364. The van der Waals surface area contributed by atoms with Crippen LogP contribution in [0.3, 0.4) is 0 Å². The van der Waals surface area contributed by atoms with Gasteiger partial charge in [0.25, 0.3) is 0 Å². The molecule has 0 aromatic carbocycles. The molecule has 6 nitrogen and oxygen atoms in total. The first-order chi connectivity index (χ1) is 8.08. The third-order valence-electron chi connectivity index (χ3n) is 2.40. The minimum absolute atomic E-state index is 0.0231. The summed E-state index contributed by atoms with van der Waals surface area (Å²) in [5.74, 6) is 0.554. The fourth-order valence-electron chi connectivity index (χ4n) is 1.18. The van der Waals surface area contributed by atoms with Crippen LogP contribution in [0.5, 0.6) is 0 Å². The van der Waals surface area contributed by atoms with Crippen LogP contribution in [-0.4, -0.2) is 25.9 Å². The zero-order valence-electron chi connectivity index (χ0n) is 9.84. The van der Waals surface area contributed by atoms with E-state index in [0.29, 0.717) is 11.6 Å². The topological polar surface area (TPSA) is 81.8 Å². The summed E-state index contributed by atoms with van der Waals surface area (Å²) < 4.78 is 5.01. The van der Waals surface area contributed by atoms with Crippen molar-refractivity contribution in [1.29, 1.82) is 0 Å². The summed E-state index contributed by atoms with van der Waals surface area (Å²) in [7, 11) is 0. The lowest BCUT2D eigenvalue weighted by Crippen LogP contribution is -2.04. The Balaban J connectivity index is 2.29. The van der Waals surface area contributed by atoms with Gasteiger partial charge in [0.05, 0.1) is 5.92 Å². The summed E-state index contributed by atoms with van der Waals surface area (Å²) in [5.41, 5.74) is 0.953. The van der Waals surface area contributed by atoms with E-state index in [1.165, 1.54) is 6.92 Å². The van der Waals surface area contributed by atoms with Gasteiger partial charge in [-0.3, -0.25) is 4.79 Å². The summed E-state index contributed by atoms with van der Waals surface area (Å²) in [4.78, 5) is 23.5. The molecule has 0 amide bonds. The maximum atomic E-state index is 11.2. The molecule has 0 aliphatic rings. The molecule has 2 aromatic rings. The first-order valence-electron chi connectivity index (χ1n) is 5.21. The van der Waals surface area contributed by atoms with Gasteiger partial charge in [-0.2, -0.15) is 4.98 Å². The van der Waals surface area contributed by atoms with Crippen LogP contribution in [0.1, 0.15) is 31.2 Å². The van der Waals surface area contributed by atoms with E-state index in [9.17, 15) is 4.79 Å². The number of ketones is 1. The Morgan fingerprint density at radius 3 is 2.53 bits per heavy atom. The largest absolute Gasteiger partial charge is 0.338 e. The van der Waals surface area contributed by atoms with Crippen LogP contribution in [0, 0.1) is 6.92 Å². The lowest BCUT2D eigenvalue weighted by atomic mass is 10.1. The third kappa shape index (κ3) is 2.35. The number of rotatable bonds is 3. The molecule has 2 aromatic heterocycles. The van der Waals surface area contributed by atoms with Gasteiger partial charge >= 0.3 is 0 Å². The molecule has 0 saturated heterocycles. The van der Waals surface area contributed by atoms with Crippen molar-refractivity contribution in [3.8, 4) is 11.6 Å². The highest BCUT2D eigenvalue weighted by atomic mass is 16.5. The Kier molecular flexibility index (Phi) is 2.95. The fourth-order valence-corrected chi connectivity index (χ4v) is 1.18. The summed E-state index contributed by atoms with van der Waals surface area (Å²) in [5, 5.41) is 3.76. The summed E-state index contributed by atoms with van der Waals surface area (Å²) in [6.07, 6.45) is 3.35. The van der Waals surface area contributed by atoms with E-state index >= 15 is 0 Å². The van der Waals surface area contributed by atoms with Crippen LogP contribution in [0.2, 0.25) is 0 Å². The van der Waals surface area contributed by atoms with Crippen LogP contribution >= 0.6 is 0 Å². The number of carbonyl (C=O) groups excluding carboxylic acids is 1. The summed E-state index contributed by atoms with van der Waals surface area (Å²) in [6.45, 7) is 5.09. The van der Waals surface area contributed by atoms with E-state index < -0.39 is 5.92 Å². The highest BCUT2D eigenvalue weighted by molar-refractivity contribution is 5.81. The zero-order chi connectivity index (χ0) is 12.4. The number of aromatic nitrogens is 4. The van der Waals surface area contributed by atoms with Gasteiger partial charge in [0.1, 0.15) is 5.78 Å². The quantitative estimate of drug-likeness (QED) is 0.798. The van der Waals surface area contributed by atoms with Gasteiger partial charge in [-0.25, -0.2) is 9.97 Å². The first kappa shape index (κ1) is 11.4. The maximum absolute atomic E-state index is 11.2. The predicted octanol–water partition coefficient (Wildman–Crippen LogP) is 1.53. The van der Waals surface area contributed by atoms with Gasteiger partial charge in [0, 0.05) is 12.4 Å².